The number of benzene rings is 2. The molecule has 1 fully saturated rings. The fraction of sp³-hybridized carbons (Fsp3) is 0.278. The van der Waals surface area contributed by atoms with Gasteiger partial charge in [0.2, 0.25) is 0 Å². The average molecular weight is 327 g/mol. The Labute approximate surface area is 142 Å². The van der Waals surface area contributed by atoms with E-state index in [1.54, 1.807) is 0 Å². The van der Waals surface area contributed by atoms with Crippen LogP contribution in [-0.2, 0) is 4.74 Å². The van der Waals surface area contributed by atoms with E-state index >= 15 is 0 Å². The van der Waals surface area contributed by atoms with Gasteiger partial charge in [0.15, 0.2) is 5.11 Å². The molecule has 1 atom stereocenters. The molecule has 23 heavy (non-hydrogen) atoms. The predicted molar refractivity (Wildman–Crippen MR) is 99.4 cm³/mol. The molecule has 0 aromatic heterocycles. The number of hydrogen-bond donors (Lipinski definition) is 3. The van der Waals surface area contributed by atoms with Crippen molar-refractivity contribution in [3.8, 4) is 0 Å². The lowest BCUT2D eigenvalue weighted by Crippen LogP contribution is -2.34. The fourth-order valence-electron chi connectivity index (χ4n) is 2.55. The van der Waals surface area contributed by atoms with Gasteiger partial charge in [-0.15, -0.1) is 0 Å². The molecule has 3 N–H and O–H groups in total. The SMILES string of the molecule is S=C(NC[C@@H]1CCCO1)Nc1cccc(Nc2ccccc2)c1. The standard InChI is InChI=1S/C18H21N3OS/c23-18(19-13-17-10-5-11-22-17)21-16-9-4-8-15(12-16)20-14-6-2-1-3-7-14/h1-4,6-9,12,17,20H,5,10-11,13H2,(H2,19,21,23)/t17-/m0/s1. The number of anilines is 3. The van der Waals surface area contributed by atoms with E-state index in [9.17, 15) is 0 Å². The van der Waals surface area contributed by atoms with Crippen LogP contribution >= 0.6 is 12.2 Å². The summed E-state index contributed by atoms with van der Waals surface area (Å²) in [6.45, 7) is 1.62. The zero-order valence-electron chi connectivity index (χ0n) is 12.9. The van der Waals surface area contributed by atoms with Gasteiger partial charge in [0.25, 0.3) is 0 Å². The highest BCUT2D eigenvalue weighted by atomic mass is 32.1. The van der Waals surface area contributed by atoms with Crippen molar-refractivity contribution in [2.24, 2.45) is 0 Å². The summed E-state index contributed by atoms with van der Waals surface area (Å²) in [6, 6.07) is 18.1. The minimum Gasteiger partial charge on any atom is -0.376 e. The first-order valence-corrected chi connectivity index (χ1v) is 8.29. The number of rotatable bonds is 5. The Morgan fingerprint density at radius 3 is 2.61 bits per heavy atom. The number of para-hydroxylation sites is 1. The van der Waals surface area contributed by atoms with Crippen LogP contribution in [0.1, 0.15) is 12.8 Å². The van der Waals surface area contributed by atoms with Gasteiger partial charge < -0.3 is 20.7 Å². The number of hydrogen-bond acceptors (Lipinski definition) is 3. The van der Waals surface area contributed by atoms with E-state index < -0.39 is 0 Å². The Hall–Kier alpha value is -2.11. The molecule has 1 heterocycles. The Morgan fingerprint density at radius 1 is 1.04 bits per heavy atom. The molecule has 2 aromatic carbocycles. The quantitative estimate of drug-likeness (QED) is 0.727. The normalized spacial score (nSPS) is 16.8. The molecule has 0 saturated carbocycles. The van der Waals surface area contributed by atoms with Crippen molar-refractivity contribution in [1.82, 2.24) is 5.32 Å². The Balaban J connectivity index is 1.53. The maximum Gasteiger partial charge on any atom is 0.170 e. The summed E-state index contributed by atoms with van der Waals surface area (Å²) in [5.41, 5.74) is 3.03. The van der Waals surface area contributed by atoms with Crippen LogP contribution in [0.4, 0.5) is 17.1 Å². The van der Waals surface area contributed by atoms with Crippen LogP contribution in [0.3, 0.4) is 0 Å². The lowest BCUT2D eigenvalue weighted by Gasteiger charge is -2.15. The molecule has 0 bridgehead atoms. The van der Waals surface area contributed by atoms with Gasteiger partial charge >= 0.3 is 0 Å². The smallest absolute Gasteiger partial charge is 0.170 e. The number of thiocarbonyl (C=S) groups is 1. The van der Waals surface area contributed by atoms with Crippen molar-refractivity contribution in [1.29, 1.82) is 0 Å². The van der Waals surface area contributed by atoms with Crippen LogP contribution in [0, 0.1) is 0 Å². The first kappa shape index (κ1) is 15.8. The predicted octanol–water partition coefficient (Wildman–Crippen LogP) is 3.90. The monoisotopic (exact) mass is 327 g/mol. The minimum atomic E-state index is 0.279. The van der Waals surface area contributed by atoms with Crippen molar-refractivity contribution in [3.63, 3.8) is 0 Å². The maximum absolute atomic E-state index is 5.58. The van der Waals surface area contributed by atoms with E-state index in [1.807, 2.05) is 54.6 Å². The number of nitrogens with one attached hydrogen (secondary N) is 3. The minimum absolute atomic E-state index is 0.279. The van der Waals surface area contributed by atoms with Gasteiger partial charge in [0, 0.05) is 30.2 Å². The third-order valence-corrected chi connectivity index (χ3v) is 3.94. The lowest BCUT2D eigenvalue weighted by molar-refractivity contribution is 0.114. The summed E-state index contributed by atoms with van der Waals surface area (Å²) < 4.78 is 5.58. The third-order valence-electron chi connectivity index (χ3n) is 3.70. The zero-order chi connectivity index (χ0) is 15.9. The van der Waals surface area contributed by atoms with Gasteiger partial charge in [-0.25, -0.2) is 0 Å². The van der Waals surface area contributed by atoms with Crippen molar-refractivity contribution in [2.45, 2.75) is 18.9 Å². The average Bonchev–Trinajstić information content (AvgIpc) is 3.08. The van der Waals surface area contributed by atoms with Gasteiger partial charge in [-0.2, -0.15) is 0 Å². The molecule has 0 spiro atoms. The largest absolute Gasteiger partial charge is 0.376 e. The molecule has 1 aliphatic rings. The van der Waals surface area contributed by atoms with E-state index in [0.29, 0.717) is 5.11 Å². The first-order chi connectivity index (χ1) is 11.3. The van der Waals surface area contributed by atoms with Crippen molar-refractivity contribution in [3.05, 3.63) is 54.6 Å². The van der Waals surface area contributed by atoms with Gasteiger partial charge in [0.05, 0.1) is 6.10 Å². The highest BCUT2D eigenvalue weighted by Gasteiger charge is 2.15. The van der Waals surface area contributed by atoms with Gasteiger partial charge in [0.1, 0.15) is 0 Å². The van der Waals surface area contributed by atoms with E-state index in [-0.39, 0.29) is 6.10 Å². The number of ether oxygens (including phenoxy) is 1. The maximum atomic E-state index is 5.58. The van der Waals surface area contributed by atoms with Crippen LogP contribution in [0.25, 0.3) is 0 Å². The highest BCUT2D eigenvalue weighted by molar-refractivity contribution is 7.80. The summed E-state index contributed by atoms with van der Waals surface area (Å²) in [5.74, 6) is 0. The van der Waals surface area contributed by atoms with Crippen LogP contribution in [0.5, 0.6) is 0 Å². The Morgan fingerprint density at radius 2 is 1.83 bits per heavy atom. The summed E-state index contributed by atoms with van der Waals surface area (Å²) in [7, 11) is 0. The van der Waals surface area contributed by atoms with Gasteiger partial charge in [-0.05, 0) is 55.4 Å². The molecule has 1 aliphatic heterocycles. The second kappa shape index (κ2) is 7.94. The van der Waals surface area contributed by atoms with Gasteiger partial charge in [-0.3, -0.25) is 0 Å². The highest BCUT2D eigenvalue weighted by Crippen LogP contribution is 2.20. The van der Waals surface area contributed by atoms with Crippen molar-refractivity contribution in [2.75, 3.05) is 23.8 Å². The summed E-state index contributed by atoms with van der Waals surface area (Å²) in [6.07, 6.45) is 2.52. The van der Waals surface area contributed by atoms with E-state index in [4.69, 9.17) is 17.0 Å². The van der Waals surface area contributed by atoms with E-state index in [2.05, 4.69) is 16.0 Å². The Kier molecular flexibility index (Phi) is 5.45. The molecule has 0 amide bonds. The van der Waals surface area contributed by atoms with Crippen molar-refractivity contribution < 1.29 is 4.74 Å². The Bertz CT molecular complexity index is 642. The molecule has 0 unspecified atom stereocenters. The molecule has 0 radical (unpaired) electrons. The molecule has 2 aromatic rings. The van der Waals surface area contributed by atoms with Crippen LogP contribution < -0.4 is 16.0 Å². The van der Waals surface area contributed by atoms with E-state index in [0.717, 1.165) is 43.1 Å². The van der Waals surface area contributed by atoms with Crippen LogP contribution in [-0.4, -0.2) is 24.4 Å². The molecule has 0 aliphatic carbocycles. The first-order valence-electron chi connectivity index (χ1n) is 7.88. The second-order valence-corrected chi connectivity index (χ2v) is 5.95. The third kappa shape index (κ3) is 4.94. The molecular formula is C18H21N3OS. The second-order valence-electron chi connectivity index (χ2n) is 5.54. The topological polar surface area (TPSA) is 45.3 Å². The fourth-order valence-corrected chi connectivity index (χ4v) is 2.75. The molecular weight excluding hydrogens is 306 g/mol. The van der Waals surface area contributed by atoms with Gasteiger partial charge in [-0.1, -0.05) is 24.3 Å². The summed E-state index contributed by atoms with van der Waals surface area (Å²) in [5, 5.41) is 10.4. The van der Waals surface area contributed by atoms with Crippen molar-refractivity contribution >= 4 is 34.4 Å². The molecule has 3 rings (SSSR count). The molecule has 120 valence electrons. The summed E-state index contributed by atoms with van der Waals surface area (Å²) >= 11 is 5.35. The van der Waals surface area contributed by atoms with Crippen LogP contribution in [0.2, 0.25) is 0 Å². The lowest BCUT2D eigenvalue weighted by atomic mass is 10.2. The van der Waals surface area contributed by atoms with Crippen LogP contribution in [0.15, 0.2) is 54.6 Å². The molecule has 1 saturated heterocycles. The molecule has 4 nitrogen and oxygen atoms in total. The zero-order valence-corrected chi connectivity index (χ0v) is 13.7. The molecule has 5 heteroatoms. The van der Waals surface area contributed by atoms with E-state index in [1.165, 1.54) is 0 Å². The summed E-state index contributed by atoms with van der Waals surface area (Å²) in [4.78, 5) is 0.